The van der Waals surface area contributed by atoms with Crippen LogP contribution >= 0.6 is 22.9 Å². The lowest BCUT2D eigenvalue weighted by Gasteiger charge is -2.35. The smallest absolute Gasteiger partial charge is 0.305 e. The third-order valence-corrected chi connectivity index (χ3v) is 8.16. The first-order chi connectivity index (χ1) is 16.2. The van der Waals surface area contributed by atoms with Crippen LogP contribution in [0.5, 0.6) is 0 Å². The third kappa shape index (κ3) is 4.13. The molecule has 2 N–H and O–H groups in total. The van der Waals surface area contributed by atoms with Gasteiger partial charge in [-0.3, -0.25) is 9.69 Å². The maximum Gasteiger partial charge on any atom is 0.305 e. The number of benzene rings is 3. The van der Waals surface area contributed by atoms with Crippen molar-refractivity contribution in [1.82, 2.24) is 19.6 Å². The van der Waals surface area contributed by atoms with E-state index in [4.69, 9.17) is 4.37 Å². The Balaban J connectivity index is 1.17. The van der Waals surface area contributed by atoms with E-state index in [1.54, 1.807) is 11.5 Å². The first-order valence-electron chi connectivity index (χ1n) is 11.3. The topological polar surface area (TPSA) is 61.0 Å². The fourth-order valence-electron chi connectivity index (χ4n) is 4.69. The van der Waals surface area contributed by atoms with E-state index < -0.39 is 0 Å². The van der Waals surface area contributed by atoms with Crippen molar-refractivity contribution in [3.05, 3.63) is 87.7 Å². The van der Waals surface area contributed by atoms with Crippen molar-refractivity contribution >= 4 is 43.2 Å². The molecule has 1 fully saturated rings. The average molecular weight is 473 g/mol. The van der Waals surface area contributed by atoms with Crippen LogP contribution in [-0.4, -0.2) is 40.4 Å². The molecule has 1 aliphatic heterocycles. The van der Waals surface area contributed by atoms with Crippen LogP contribution in [0.15, 0.2) is 71.5 Å². The van der Waals surface area contributed by atoms with Crippen LogP contribution in [0.4, 0.5) is 0 Å². The van der Waals surface area contributed by atoms with E-state index in [2.05, 4.69) is 75.9 Å². The lowest BCUT2D eigenvalue weighted by Crippen LogP contribution is -2.46. The van der Waals surface area contributed by atoms with Gasteiger partial charge in [0.05, 0.1) is 26.7 Å². The molecule has 1 unspecified atom stereocenters. The molecule has 0 amide bonds. The molecule has 6 rings (SSSR count). The SMILES string of the molecule is O=c1[nH]c2ccc(-c3ccc(CCN4CCNCC4c4nsc5ccccc45)cc3)cc2s1. The molecule has 3 aromatic carbocycles. The summed E-state index contributed by atoms with van der Waals surface area (Å²) in [7, 11) is 0. The predicted molar refractivity (Wildman–Crippen MR) is 138 cm³/mol. The Hall–Kier alpha value is -2.84. The fraction of sp³-hybridized carbons (Fsp3) is 0.231. The number of aromatic nitrogens is 2. The van der Waals surface area contributed by atoms with E-state index in [0.29, 0.717) is 6.04 Å². The van der Waals surface area contributed by atoms with Crippen LogP contribution in [0.25, 0.3) is 31.4 Å². The van der Waals surface area contributed by atoms with Gasteiger partial charge in [0, 0.05) is 31.6 Å². The summed E-state index contributed by atoms with van der Waals surface area (Å²) in [4.78, 5) is 17.0. The van der Waals surface area contributed by atoms with E-state index in [0.717, 1.165) is 48.4 Å². The molecule has 3 heterocycles. The molecule has 1 saturated heterocycles. The maximum absolute atomic E-state index is 11.6. The Morgan fingerprint density at radius 2 is 1.85 bits per heavy atom. The van der Waals surface area contributed by atoms with Gasteiger partial charge in [0.25, 0.3) is 0 Å². The maximum atomic E-state index is 11.6. The van der Waals surface area contributed by atoms with Gasteiger partial charge in [-0.25, -0.2) is 0 Å². The van der Waals surface area contributed by atoms with Crippen LogP contribution in [0.3, 0.4) is 0 Å². The van der Waals surface area contributed by atoms with Gasteiger partial charge in [-0.2, -0.15) is 4.37 Å². The summed E-state index contributed by atoms with van der Waals surface area (Å²) in [5, 5.41) is 4.84. The molecule has 0 radical (unpaired) electrons. The van der Waals surface area contributed by atoms with Crippen molar-refractivity contribution in [3.63, 3.8) is 0 Å². The Morgan fingerprint density at radius 1 is 1.00 bits per heavy atom. The fourth-order valence-corrected chi connectivity index (χ4v) is 6.29. The molecule has 2 aromatic heterocycles. The van der Waals surface area contributed by atoms with E-state index >= 15 is 0 Å². The summed E-state index contributed by atoms with van der Waals surface area (Å²) in [5.74, 6) is 0. The van der Waals surface area contributed by atoms with Gasteiger partial charge in [0.15, 0.2) is 0 Å². The molecular formula is C26H24N4OS2. The van der Waals surface area contributed by atoms with Crippen LogP contribution < -0.4 is 10.2 Å². The number of aromatic amines is 1. The zero-order valence-corrected chi connectivity index (χ0v) is 19.7. The molecule has 5 nitrogen and oxygen atoms in total. The number of piperazine rings is 1. The average Bonchev–Trinajstić information content (AvgIpc) is 3.45. The Morgan fingerprint density at radius 3 is 2.76 bits per heavy atom. The van der Waals surface area contributed by atoms with E-state index in [1.807, 2.05) is 6.07 Å². The summed E-state index contributed by atoms with van der Waals surface area (Å²) < 4.78 is 7.10. The highest BCUT2D eigenvalue weighted by Gasteiger charge is 2.27. The number of hydrogen-bond donors (Lipinski definition) is 2. The number of rotatable bonds is 5. The van der Waals surface area contributed by atoms with Gasteiger partial charge >= 0.3 is 4.87 Å². The van der Waals surface area contributed by atoms with Crippen molar-refractivity contribution in [2.45, 2.75) is 12.5 Å². The second-order valence-electron chi connectivity index (χ2n) is 8.49. The lowest BCUT2D eigenvalue weighted by molar-refractivity contribution is 0.162. The van der Waals surface area contributed by atoms with Gasteiger partial charge in [0.2, 0.25) is 0 Å². The van der Waals surface area contributed by atoms with Crippen LogP contribution in [0.2, 0.25) is 0 Å². The predicted octanol–water partition coefficient (Wildman–Crippen LogP) is 5.06. The third-order valence-electron chi connectivity index (χ3n) is 6.47. The number of H-pyrrole nitrogens is 1. The summed E-state index contributed by atoms with van der Waals surface area (Å²) in [6.07, 6.45) is 1.01. The standard InChI is InChI=1S/C26H24N4OS2/c31-26-28-21-10-9-19(15-24(21)32-26)18-7-5-17(6-8-18)11-13-30-14-12-27-16-22(30)25-20-3-1-2-4-23(20)33-29-25/h1-10,15,22,27H,11-14,16H2,(H,28,31). The number of hydrogen-bond acceptors (Lipinski definition) is 6. The lowest BCUT2D eigenvalue weighted by atomic mass is 10.0. The second kappa shape index (κ2) is 8.83. The molecule has 0 aliphatic carbocycles. The summed E-state index contributed by atoms with van der Waals surface area (Å²) in [6, 6.07) is 23.9. The van der Waals surface area contributed by atoms with Crippen LogP contribution in [0, 0.1) is 0 Å². The van der Waals surface area contributed by atoms with Crippen molar-refractivity contribution in [1.29, 1.82) is 0 Å². The highest BCUT2D eigenvalue weighted by Crippen LogP contribution is 2.31. The Kier molecular flexibility index (Phi) is 5.55. The van der Waals surface area contributed by atoms with Crippen molar-refractivity contribution < 1.29 is 0 Å². The van der Waals surface area contributed by atoms with Crippen molar-refractivity contribution in [2.75, 3.05) is 26.2 Å². The minimum atomic E-state index is -0.00522. The van der Waals surface area contributed by atoms with Gasteiger partial charge in [-0.15, -0.1) is 0 Å². The van der Waals surface area contributed by atoms with E-state index in [9.17, 15) is 4.79 Å². The summed E-state index contributed by atoms with van der Waals surface area (Å²) >= 11 is 2.86. The molecule has 7 heteroatoms. The molecule has 1 atom stereocenters. The molecule has 0 spiro atoms. The minimum Gasteiger partial charge on any atom is -0.313 e. The molecule has 0 bridgehead atoms. The summed E-state index contributed by atoms with van der Waals surface area (Å²) in [5.41, 5.74) is 5.77. The first kappa shape index (κ1) is 20.7. The molecule has 33 heavy (non-hydrogen) atoms. The monoisotopic (exact) mass is 472 g/mol. The molecule has 166 valence electrons. The zero-order valence-electron chi connectivity index (χ0n) is 18.1. The van der Waals surface area contributed by atoms with Crippen LogP contribution in [0.1, 0.15) is 17.3 Å². The number of fused-ring (bicyclic) bond motifs is 2. The number of thiazole rings is 1. The largest absolute Gasteiger partial charge is 0.313 e. The highest BCUT2D eigenvalue weighted by atomic mass is 32.1. The molecule has 1 aliphatic rings. The normalized spacial score (nSPS) is 17.2. The van der Waals surface area contributed by atoms with E-state index in [-0.39, 0.29) is 4.87 Å². The van der Waals surface area contributed by atoms with Crippen molar-refractivity contribution in [3.8, 4) is 11.1 Å². The minimum absolute atomic E-state index is 0.00522. The van der Waals surface area contributed by atoms with Gasteiger partial charge in [-0.1, -0.05) is 59.9 Å². The first-order valence-corrected chi connectivity index (χ1v) is 12.8. The summed E-state index contributed by atoms with van der Waals surface area (Å²) in [6.45, 7) is 4.01. The second-order valence-corrected chi connectivity index (χ2v) is 10.3. The van der Waals surface area contributed by atoms with Crippen LogP contribution in [-0.2, 0) is 6.42 Å². The van der Waals surface area contributed by atoms with E-state index in [1.165, 1.54) is 38.2 Å². The van der Waals surface area contributed by atoms with Gasteiger partial charge in [0.1, 0.15) is 0 Å². The van der Waals surface area contributed by atoms with Gasteiger partial charge in [-0.05, 0) is 52.8 Å². The quantitative estimate of drug-likeness (QED) is 0.376. The van der Waals surface area contributed by atoms with Crippen molar-refractivity contribution in [2.24, 2.45) is 0 Å². The number of nitrogens with one attached hydrogen (secondary N) is 2. The Labute approximate surface area is 199 Å². The molecule has 0 saturated carbocycles. The number of nitrogens with zero attached hydrogens (tertiary/aromatic N) is 2. The highest BCUT2D eigenvalue weighted by molar-refractivity contribution is 7.16. The molecular weight excluding hydrogens is 448 g/mol. The zero-order chi connectivity index (χ0) is 22.2. The Bertz CT molecular complexity index is 1470. The van der Waals surface area contributed by atoms with Gasteiger partial charge < -0.3 is 10.3 Å². The molecule has 5 aromatic rings.